The van der Waals surface area contributed by atoms with Crippen molar-refractivity contribution in [1.29, 1.82) is 0 Å². The molecular weight excluding hydrogens is 360 g/mol. The van der Waals surface area contributed by atoms with E-state index in [0.29, 0.717) is 6.42 Å². The van der Waals surface area contributed by atoms with Gasteiger partial charge in [0.1, 0.15) is 0 Å². The maximum Gasteiger partial charge on any atom is 0.267 e. The summed E-state index contributed by atoms with van der Waals surface area (Å²) in [5.74, 6) is 0. The van der Waals surface area contributed by atoms with Gasteiger partial charge in [-0.15, -0.1) is 0 Å². The second-order valence-electron chi connectivity index (χ2n) is 8.30. The zero-order chi connectivity index (χ0) is 20.4. The Morgan fingerprint density at radius 2 is 0.963 bits per heavy atom. The van der Waals surface area contributed by atoms with Crippen LogP contribution < -0.4 is 0 Å². The van der Waals surface area contributed by atoms with Crippen molar-refractivity contribution < 1.29 is 18.1 Å². The molecule has 0 amide bonds. The molecular formula is C22H46O4S. The van der Waals surface area contributed by atoms with Gasteiger partial charge in [-0.25, -0.2) is 0 Å². The van der Waals surface area contributed by atoms with Crippen LogP contribution in [0.5, 0.6) is 0 Å². The Labute approximate surface area is 169 Å². The van der Waals surface area contributed by atoms with Gasteiger partial charge < -0.3 is 5.11 Å². The first-order valence-electron chi connectivity index (χ1n) is 11.5. The van der Waals surface area contributed by atoms with E-state index < -0.39 is 15.4 Å². The van der Waals surface area contributed by atoms with Crippen LogP contribution in [0.2, 0.25) is 0 Å². The number of unbranched alkanes of at least 4 members (excludes halogenated alkanes) is 13. The van der Waals surface area contributed by atoms with Crippen LogP contribution in [-0.2, 0) is 10.1 Å². The number of hydrogen-bond donors (Lipinski definition) is 2. The van der Waals surface area contributed by atoms with E-state index in [4.69, 9.17) is 4.55 Å². The van der Waals surface area contributed by atoms with Crippen LogP contribution in [0.25, 0.3) is 0 Å². The number of rotatable bonds is 20. The monoisotopic (exact) mass is 406 g/mol. The van der Waals surface area contributed by atoms with Crippen LogP contribution >= 0.6 is 0 Å². The Kier molecular flexibility index (Phi) is 17.8. The highest BCUT2D eigenvalue weighted by Gasteiger charge is 2.15. The van der Waals surface area contributed by atoms with Crippen molar-refractivity contribution >= 4 is 10.1 Å². The zero-order valence-electron chi connectivity index (χ0n) is 18.0. The molecule has 0 aliphatic carbocycles. The molecule has 2 unspecified atom stereocenters. The fourth-order valence-electron chi connectivity index (χ4n) is 3.50. The van der Waals surface area contributed by atoms with Gasteiger partial charge in [0.05, 0.1) is 11.4 Å². The first kappa shape index (κ1) is 26.9. The fourth-order valence-corrected chi connectivity index (χ4v) is 3.97. The number of aliphatic hydroxyl groups is 1. The average Bonchev–Trinajstić information content (AvgIpc) is 2.61. The predicted molar refractivity (Wildman–Crippen MR) is 116 cm³/mol. The molecule has 4 nitrogen and oxygen atoms in total. The molecule has 0 bridgehead atoms. The minimum absolute atomic E-state index is 0.134. The summed E-state index contributed by atoms with van der Waals surface area (Å²) in [5.41, 5.74) is 0. The lowest BCUT2D eigenvalue weighted by Crippen LogP contribution is -2.16. The molecule has 0 fully saturated rings. The molecule has 164 valence electrons. The normalized spacial score (nSPS) is 14.4. The van der Waals surface area contributed by atoms with E-state index in [9.17, 15) is 13.5 Å². The van der Waals surface area contributed by atoms with Gasteiger partial charge >= 0.3 is 0 Å². The van der Waals surface area contributed by atoms with Gasteiger partial charge in [0.2, 0.25) is 0 Å². The lowest BCUT2D eigenvalue weighted by molar-refractivity contribution is 0.147. The van der Waals surface area contributed by atoms with E-state index in [1.54, 1.807) is 6.92 Å². The lowest BCUT2D eigenvalue weighted by Gasteiger charge is -2.10. The first-order chi connectivity index (χ1) is 12.9. The minimum atomic E-state index is -3.86. The van der Waals surface area contributed by atoms with Crippen molar-refractivity contribution in [1.82, 2.24) is 0 Å². The van der Waals surface area contributed by atoms with Gasteiger partial charge in [0.15, 0.2) is 0 Å². The van der Waals surface area contributed by atoms with Crippen molar-refractivity contribution in [3.8, 4) is 0 Å². The van der Waals surface area contributed by atoms with Crippen LogP contribution in [-0.4, -0.2) is 29.4 Å². The van der Waals surface area contributed by atoms with E-state index in [1.165, 1.54) is 51.4 Å². The summed E-state index contributed by atoms with van der Waals surface area (Å²) in [6.07, 6.45) is 20.5. The summed E-state index contributed by atoms with van der Waals surface area (Å²) >= 11 is 0. The number of hydrogen-bond acceptors (Lipinski definition) is 3. The smallest absolute Gasteiger partial charge is 0.267 e. The van der Waals surface area contributed by atoms with Crippen molar-refractivity contribution in [3.63, 3.8) is 0 Å². The Bertz CT molecular complexity index is 409. The molecule has 0 rings (SSSR count). The SMILES string of the molecule is CCCCCCCCCCCC(O)CCCCCCCCC(C)S(=O)(=O)O. The van der Waals surface area contributed by atoms with E-state index >= 15 is 0 Å². The van der Waals surface area contributed by atoms with Gasteiger partial charge in [-0.2, -0.15) is 8.42 Å². The maximum atomic E-state index is 10.9. The molecule has 27 heavy (non-hydrogen) atoms. The molecule has 0 aliphatic heterocycles. The highest BCUT2D eigenvalue weighted by atomic mass is 32.2. The standard InChI is InChI=1S/C22H46O4S/c1-3-4-5-6-7-8-9-13-16-19-22(23)20-17-14-11-10-12-15-18-21(2)27(24,25)26/h21-23H,3-20H2,1-2H3,(H,24,25,26). The van der Waals surface area contributed by atoms with Crippen LogP contribution in [0, 0.1) is 0 Å². The molecule has 2 N–H and O–H groups in total. The maximum absolute atomic E-state index is 10.9. The molecule has 0 saturated carbocycles. The zero-order valence-corrected chi connectivity index (χ0v) is 18.8. The summed E-state index contributed by atoms with van der Waals surface area (Å²) in [5, 5.41) is 9.40. The fraction of sp³-hybridized carbons (Fsp3) is 1.00. The molecule has 0 heterocycles. The lowest BCUT2D eigenvalue weighted by atomic mass is 10.0. The summed E-state index contributed by atoms with van der Waals surface area (Å²) < 4.78 is 30.7. The second-order valence-corrected chi connectivity index (χ2v) is 10.1. The van der Waals surface area contributed by atoms with Crippen molar-refractivity contribution in [2.24, 2.45) is 0 Å². The third-order valence-electron chi connectivity index (χ3n) is 5.55. The highest BCUT2D eigenvalue weighted by molar-refractivity contribution is 7.86. The van der Waals surface area contributed by atoms with Gasteiger partial charge in [0, 0.05) is 0 Å². The Morgan fingerprint density at radius 1 is 0.630 bits per heavy atom. The van der Waals surface area contributed by atoms with Gasteiger partial charge in [-0.3, -0.25) is 4.55 Å². The molecule has 2 atom stereocenters. The largest absolute Gasteiger partial charge is 0.393 e. The Hall–Kier alpha value is -0.130. The van der Waals surface area contributed by atoms with E-state index in [0.717, 1.165) is 57.8 Å². The molecule has 0 aromatic rings. The van der Waals surface area contributed by atoms with Gasteiger partial charge in [-0.1, -0.05) is 103 Å². The Morgan fingerprint density at radius 3 is 1.33 bits per heavy atom. The van der Waals surface area contributed by atoms with Crippen LogP contribution in [0.4, 0.5) is 0 Å². The molecule has 0 aliphatic rings. The third-order valence-corrected chi connectivity index (χ3v) is 6.80. The molecule has 0 radical (unpaired) electrons. The predicted octanol–water partition coefficient (Wildman–Crippen LogP) is 6.67. The molecule has 5 heteroatoms. The van der Waals surface area contributed by atoms with Gasteiger partial charge in [-0.05, 0) is 26.2 Å². The van der Waals surface area contributed by atoms with E-state index in [-0.39, 0.29) is 6.10 Å². The third kappa shape index (κ3) is 19.0. The average molecular weight is 407 g/mol. The molecule has 0 aromatic heterocycles. The molecule has 0 saturated heterocycles. The van der Waals surface area contributed by atoms with Crippen LogP contribution in [0.15, 0.2) is 0 Å². The summed E-state index contributed by atoms with van der Waals surface area (Å²) in [6, 6.07) is 0. The van der Waals surface area contributed by atoms with E-state index in [2.05, 4.69) is 6.92 Å². The quantitative estimate of drug-likeness (QED) is 0.175. The summed E-state index contributed by atoms with van der Waals surface area (Å²) in [6.45, 7) is 3.81. The molecule has 0 aromatic carbocycles. The molecule has 0 spiro atoms. The van der Waals surface area contributed by atoms with Crippen molar-refractivity contribution in [2.45, 2.75) is 141 Å². The topological polar surface area (TPSA) is 74.6 Å². The number of aliphatic hydroxyl groups excluding tert-OH is 1. The van der Waals surface area contributed by atoms with Crippen LogP contribution in [0.3, 0.4) is 0 Å². The van der Waals surface area contributed by atoms with Crippen molar-refractivity contribution in [2.75, 3.05) is 0 Å². The van der Waals surface area contributed by atoms with Crippen molar-refractivity contribution in [3.05, 3.63) is 0 Å². The first-order valence-corrected chi connectivity index (χ1v) is 13.0. The Balaban J connectivity index is 3.29. The highest BCUT2D eigenvalue weighted by Crippen LogP contribution is 2.16. The summed E-state index contributed by atoms with van der Waals surface area (Å²) in [7, 11) is -3.86. The van der Waals surface area contributed by atoms with Crippen LogP contribution in [0.1, 0.15) is 129 Å². The van der Waals surface area contributed by atoms with Gasteiger partial charge in [0.25, 0.3) is 10.1 Å². The van der Waals surface area contributed by atoms with E-state index in [1.807, 2.05) is 0 Å². The second kappa shape index (κ2) is 17.9. The minimum Gasteiger partial charge on any atom is -0.393 e. The summed E-state index contributed by atoms with van der Waals surface area (Å²) in [4.78, 5) is 0.